The largest absolute Gasteiger partial charge is 0.454 e. The van der Waals surface area contributed by atoms with Crippen molar-refractivity contribution in [3.8, 4) is 11.1 Å². The highest BCUT2D eigenvalue weighted by atomic mass is 16.3. The lowest BCUT2D eigenvalue weighted by Gasteiger charge is -2.46. The van der Waals surface area contributed by atoms with Crippen LogP contribution in [0.25, 0.3) is 33.1 Å². The predicted octanol–water partition coefficient (Wildman–Crippen LogP) is 13.7. The second kappa shape index (κ2) is 12.1. The van der Waals surface area contributed by atoms with E-state index < -0.39 is 0 Å². The van der Waals surface area contributed by atoms with Crippen molar-refractivity contribution >= 4 is 79.2 Å². The van der Waals surface area contributed by atoms with Crippen molar-refractivity contribution in [3.05, 3.63) is 162 Å². The smallest absolute Gasteiger partial charge is 0.252 e. The molecular weight excluding hydrogens is 739 g/mol. The molecule has 3 heterocycles. The van der Waals surface area contributed by atoms with Gasteiger partial charge in [-0.1, -0.05) is 133 Å². The standard InChI is InChI=1S/C57H51BN2O/c1-55(2)43-32-46-51(33-44(43)56(3,4)57(55,5)6)60(49-20-12-17-40-39-16-10-11-21-52(39)61-54(40)49)48-19-13-18-47-53(48)58(46)45-30-41-36-22-24-37(25-23-36)42(41)31-50(45)59(47)38-28-26-35(27-29-38)34-14-8-7-9-15-34/h7-21,26-33,36-37H,22-25H2,1-6H3. The third-order valence-corrected chi connectivity index (χ3v) is 17.3. The van der Waals surface area contributed by atoms with Gasteiger partial charge in [-0.2, -0.15) is 0 Å². The van der Waals surface area contributed by atoms with Crippen LogP contribution in [0.2, 0.25) is 0 Å². The lowest BCUT2D eigenvalue weighted by Crippen LogP contribution is -2.61. The second-order valence-corrected chi connectivity index (χ2v) is 20.4. The quantitative estimate of drug-likeness (QED) is 0.166. The molecule has 0 saturated heterocycles. The van der Waals surface area contributed by atoms with Crippen LogP contribution in [0, 0.1) is 5.41 Å². The summed E-state index contributed by atoms with van der Waals surface area (Å²) < 4.78 is 6.90. The van der Waals surface area contributed by atoms with Gasteiger partial charge in [0.05, 0.1) is 5.69 Å². The van der Waals surface area contributed by atoms with E-state index in [1.165, 1.54) is 92.8 Å². The zero-order chi connectivity index (χ0) is 41.2. The Morgan fingerprint density at radius 3 is 1.79 bits per heavy atom. The Labute approximate surface area is 360 Å². The van der Waals surface area contributed by atoms with Crippen LogP contribution in [0.3, 0.4) is 0 Å². The molecule has 61 heavy (non-hydrogen) atoms. The van der Waals surface area contributed by atoms with Gasteiger partial charge in [0.15, 0.2) is 5.58 Å². The van der Waals surface area contributed by atoms with Crippen LogP contribution < -0.4 is 26.2 Å². The van der Waals surface area contributed by atoms with E-state index in [2.05, 4.69) is 191 Å². The van der Waals surface area contributed by atoms with E-state index in [0.717, 1.165) is 27.6 Å². The third-order valence-electron chi connectivity index (χ3n) is 17.3. The highest BCUT2D eigenvalue weighted by Gasteiger charge is 2.58. The van der Waals surface area contributed by atoms with E-state index in [4.69, 9.17) is 4.42 Å². The number of anilines is 6. The Hall–Kier alpha value is -6.00. The molecule has 0 spiro atoms. The van der Waals surface area contributed by atoms with E-state index in [1.807, 2.05) is 0 Å². The maximum Gasteiger partial charge on any atom is 0.252 e. The summed E-state index contributed by atoms with van der Waals surface area (Å²) in [6.45, 7) is 15.0. The summed E-state index contributed by atoms with van der Waals surface area (Å²) in [6.07, 6.45) is 5.24. The van der Waals surface area contributed by atoms with E-state index in [0.29, 0.717) is 11.8 Å². The van der Waals surface area contributed by atoms with Crippen molar-refractivity contribution in [1.29, 1.82) is 0 Å². The summed E-state index contributed by atoms with van der Waals surface area (Å²) in [7, 11) is 0. The molecule has 1 aromatic heterocycles. The highest BCUT2D eigenvalue weighted by molar-refractivity contribution is 7.00. The molecule has 298 valence electrons. The molecule has 0 unspecified atom stereocenters. The summed E-state index contributed by atoms with van der Waals surface area (Å²) >= 11 is 0. The average Bonchev–Trinajstić information content (AvgIpc) is 3.72. The maximum atomic E-state index is 6.90. The molecule has 0 amide bonds. The van der Waals surface area contributed by atoms with Gasteiger partial charge in [-0.15, -0.1) is 0 Å². The second-order valence-electron chi connectivity index (χ2n) is 20.4. The van der Waals surface area contributed by atoms with Gasteiger partial charge < -0.3 is 14.2 Å². The molecule has 7 aromatic carbocycles. The van der Waals surface area contributed by atoms with Crippen LogP contribution in [0.4, 0.5) is 34.1 Å². The SMILES string of the molecule is CC1(C)c2cc3c(cc2C(C)(C)C1(C)C)N(c1cccc2c1oc1ccccc12)c1cccc2c1B3c1cc3c(cc1N2c1ccc(-c2ccccc2)cc1)C1CCC3CC1. The third kappa shape index (κ3) is 4.56. The monoisotopic (exact) mass is 790 g/mol. The zero-order valence-corrected chi connectivity index (χ0v) is 36.1. The average molecular weight is 791 g/mol. The van der Waals surface area contributed by atoms with Crippen molar-refractivity contribution < 1.29 is 4.42 Å². The number of hydrogen-bond acceptors (Lipinski definition) is 3. The number of para-hydroxylation sites is 2. The summed E-state index contributed by atoms with van der Waals surface area (Å²) in [5, 5.41) is 2.30. The Morgan fingerprint density at radius 2 is 1.05 bits per heavy atom. The maximum absolute atomic E-state index is 6.90. The normalized spacial score (nSPS) is 20.7. The van der Waals surface area contributed by atoms with Gasteiger partial charge >= 0.3 is 0 Å². The number of nitrogens with zero attached hydrogens (tertiary/aromatic N) is 2. The van der Waals surface area contributed by atoms with E-state index >= 15 is 0 Å². The van der Waals surface area contributed by atoms with Crippen LogP contribution in [0.5, 0.6) is 0 Å². The molecule has 2 aliphatic heterocycles. The van der Waals surface area contributed by atoms with Crippen molar-refractivity contribution in [2.75, 3.05) is 9.80 Å². The molecule has 6 aliphatic rings. The highest BCUT2D eigenvalue weighted by Crippen LogP contribution is 2.62. The van der Waals surface area contributed by atoms with Gasteiger partial charge in [-0.05, 0) is 152 Å². The van der Waals surface area contributed by atoms with Crippen LogP contribution in [0.1, 0.15) is 101 Å². The first-order valence-electron chi connectivity index (χ1n) is 22.7. The Balaban J connectivity index is 1.13. The number of benzene rings is 7. The zero-order valence-electron chi connectivity index (χ0n) is 36.1. The van der Waals surface area contributed by atoms with Crippen molar-refractivity contribution in [2.24, 2.45) is 5.41 Å². The Morgan fingerprint density at radius 1 is 0.492 bits per heavy atom. The van der Waals surface area contributed by atoms with Gasteiger partial charge in [0.2, 0.25) is 0 Å². The first-order chi connectivity index (χ1) is 29.5. The number of rotatable bonds is 3. The van der Waals surface area contributed by atoms with Gasteiger partial charge in [0, 0.05) is 39.2 Å². The van der Waals surface area contributed by atoms with Gasteiger partial charge in [-0.25, -0.2) is 0 Å². The first-order valence-corrected chi connectivity index (χ1v) is 22.7. The fourth-order valence-electron chi connectivity index (χ4n) is 12.8. The molecule has 0 atom stereocenters. The van der Waals surface area contributed by atoms with Gasteiger partial charge in [-0.3, -0.25) is 0 Å². The molecule has 4 aliphatic carbocycles. The van der Waals surface area contributed by atoms with Crippen molar-refractivity contribution in [1.82, 2.24) is 0 Å². The van der Waals surface area contributed by atoms with Gasteiger partial charge in [0.1, 0.15) is 5.58 Å². The summed E-state index contributed by atoms with van der Waals surface area (Å²) in [4.78, 5) is 5.18. The molecular formula is C57H51BN2O. The minimum atomic E-state index is -0.0501. The summed E-state index contributed by atoms with van der Waals surface area (Å²) in [5.74, 6) is 1.29. The topological polar surface area (TPSA) is 19.6 Å². The number of fused-ring (bicyclic) bond motifs is 10. The van der Waals surface area contributed by atoms with Crippen LogP contribution in [-0.2, 0) is 10.8 Å². The number of furan rings is 1. The van der Waals surface area contributed by atoms with Gasteiger partial charge in [0.25, 0.3) is 6.71 Å². The van der Waals surface area contributed by atoms with E-state index in [-0.39, 0.29) is 23.0 Å². The molecule has 1 saturated carbocycles. The summed E-state index contributed by atoms with van der Waals surface area (Å²) in [5.41, 5.74) is 22.0. The first kappa shape index (κ1) is 35.7. The lowest BCUT2D eigenvalue weighted by atomic mass is 9.33. The van der Waals surface area contributed by atoms with Crippen LogP contribution >= 0.6 is 0 Å². The molecule has 0 N–H and O–H groups in total. The number of hydrogen-bond donors (Lipinski definition) is 0. The minimum absolute atomic E-state index is 0.0271. The van der Waals surface area contributed by atoms with E-state index in [9.17, 15) is 0 Å². The molecule has 4 heteroatoms. The lowest BCUT2D eigenvalue weighted by molar-refractivity contribution is 0.125. The summed E-state index contributed by atoms with van der Waals surface area (Å²) in [6, 6.07) is 53.0. The van der Waals surface area contributed by atoms with Crippen molar-refractivity contribution in [3.63, 3.8) is 0 Å². The Kier molecular flexibility index (Phi) is 7.08. The van der Waals surface area contributed by atoms with Crippen LogP contribution in [-0.4, -0.2) is 6.71 Å². The fourth-order valence-corrected chi connectivity index (χ4v) is 12.8. The minimum Gasteiger partial charge on any atom is -0.454 e. The predicted molar refractivity (Wildman–Crippen MR) is 257 cm³/mol. The molecule has 14 rings (SSSR count). The molecule has 2 bridgehead atoms. The molecule has 3 nitrogen and oxygen atoms in total. The molecule has 0 radical (unpaired) electrons. The Bertz CT molecular complexity index is 3150. The fraction of sp³-hybridized carbons (Fsp3) is 0.263. The van der Waals surface area contributed by atoms with Crippen LogP contribution in [0.15, 0.2) is 144 Å². The van der Waals surface area contributed by atoms with Crippen molar-refractivity contribution in [2.45, 2.75) is 89.9 Å². The van der Waals surface area contributed by atoms with E-state index in [1.54, 1.807) is 11.1 Å². The molecule has 1 fully saturated rings. The molecule has 8 aromatic rings.